The Kier molecular flexibility index (Phi) is 6.30. The van der Waals surface area contributed by atoms with Crippen LogP contribution in [0, 0.1) is 0 Å². The molecule has 0 atom stereocenters. The molecule has 3 heterocycles. The summed E-state index contributed by atoms with van der Waals surface area (Å²) in [7, 11) is 0. The Morgan fingerprint density at radius 2 is 2.25 bits per heavy atom. The van der Waals surface area contributed by atoms with Crippen LogP contribution in [0.5, 0.6) is 0 Å². The highest BCUT2D eigenvalue weighted by atomic mass is 32.2. The van der Waals surface area contributed by atoms with E-state index >= 15 is 0 Å². The summed E-state index contributed by atoms with van der Waals surface area (Å²) in [5.74, 6) is 0.277. The van der Waals surface area contributed by atoms with Crippen LogP contribution in [0.4, 0.5) is 6.01 Å². The van der Waals surface area contributed by atoms with Gasteiger partial charge in [-0.1, -0.05) is 43.7 Å². The van der Waals surface area contributed by atoms with Crippen molar-refractivity contribution >= 4 is 45.2 Å². The van der Waals surface area contributed by atoms with Crippen LogP contribution in [0.2, 0.25) is 0 Å². The predicted molar refractivity (Wildman–Crippen MR) is 111 cm³/mol. The lowest BCUT2D eigenvalue weighted by atomic mass is 10.2. The van der Waals surface area contributed by atoms with Gasteiger partial charge in [0.25, 0.3) is 5.56 Å². The number of carbonyl (C=O) groups is 1. The van der Waals surface area contributed by atoms with Crippen molar-refractivity contribution in [3.8, 4) is 0 Å². The van der Waals surface area contributed by atoms with E-state index < -0.39 is 0 Å². The molecule has 0 bridgehead atoms. The Morgan fingerprint density at radius 3 is 2.89 bits per heavy atom. The van der Waals surface area contributed by atoms with Crippen molar-refractivity contribution in [3.63, 3.8) is 0 Å². The molecule has 10 heteroatoms. The number of thioether (sulfide) groups is 1. The fraction of sp³-hybridized carbons (Fsp3) is 0.389. The van der Waals surface area contributed by atoms with E-state index in [1.165, 1.54) is 27.7 Å². The minimum absolute atomic E-state index is 0.0560. The minimum atomic E-state index is -0.316. The summed E-state index contributed by atoms with van der Waals surface area (Å²) in [6, 6.07) is 1.95. The maximum absolute atomic E-state index is 12.8. The number of aromatic nitrogens is 4. The monoisotopic (exact) mass is 419 g/mol. The first-order valence-electron chi connectivity index (χ1n) is 8.83. The first kappa shape index (κ1) is 20.3. The second kappa shape index (κ2) is 8.70. The van der Waals surface area contributed by atoms with Crippen LogP contribution >= 0.6 is 23.1 Å². The van der Waals surface area contributed by atoms with Crippen molar-refractivity contribution in [3.05, 3.63) is 39.8 Å². The van der Waals surface area contributed by atoms with E-state index in [0.717, 1.165) is 11.3 Å². The highest BCUT2D eigenvalue weighted by Gasteiger charge is 2.16. The molecule has 0 radical (unpaired) electrons. The zero-order valence-electron chi connectivity index (χ0n) is 15.9. The molecule has 0 saturated heterocycles. The van der Waals surface area contributed by atoms with E-state index in [9.17, 15) is 9.59 Å². The summed E-state index contributed by atoms with van der Waals surface area (Å²) >= 11 is 2.68. The quantitative estimate of drug-likeness (QED) is 0.339. The number of nitrogens with zero attached hydrogens (tertiary/aromatic N) is 4. The number of carbonyl (C=O) groups excluding carboxylic acids is 1. The number of hydrogen-bond donors (Lipinski definition) is 1. The topological polar surface area (TPSA) is 103 Å². The van der Waals surface area contributed by atoms with Crippen molar-refractivity contribution in [2.24, 2.45) is 0 Å². The summed E-state index contributed by atoms with van der Waals surface area (Å²) < 4.78 is 6.91. The van der Waals surface area contributed by atoms with Gasteiger partial charge in [-0.2, -0.15) is 0 Å². The van der Waals surface area contributed by atoms with E-state index in [4.69, 9.17) is 4.42 Å². The van der Waals surface area contributed by atoms with E-state index in [1.54, 1.807) is 6.08 Å². The molecular weight excluding hydrogens is 398 g/mol. The Morgan fingerprint density at radius 1 is 1.46 bits per heavy atom. The van der Waals surface area contributed by atoms with Gasteiger partial charge in [-0.15, -0.1) is 23.0 Å². The number of nitrogens with one attached hydrogen (secondary N) is 1. The fourth-order valence-corrected chi connectivity index (χ4v) is 4.24. The van der Waals surface area contributed by atoms with Gasteiger partial charge >= 0.3 is 6.01 Å². The van der Waals surface area contributed by atoms with Crippen LogP contribution in [0.25, 0.3) is 10.2 Å². The molecule has 3 rings (SSSR count). The third-order valence-corrected chi connectivity index (χ3v) is 5.99. The lowest BCUT2D eigenvalue weighted by Crippen LogP contribution is -2.23. The van der Waals surface area contributed by atoms with Gasteiger partial charge in [0.2, 0.25) is 11.8 Å². The number of thiophene rings is 1. The van der Waals surface area contributed by atoms with Crippen LogP contribution < -0.4 is 10.9 Å². The molecule has 0 aliphatic heterocycles. The number of allylic oxidation sites excluding steroid dienone is 1. The molecule has 3 aromatic heterocycles. The minimum Gasteiger partial charge on any atom is -0.408 e. The average Bonchev–Trinajstić information content (AvgIpc) is 3.29. The molecule has 0 unspecified atom stereocenters. The van der Waals surface area contributed by atoms with Crippen molar-refractivity contribution in [2.75, 3.05) is 11.1 Å². The molecule has 1 amide bonds. The molecule has 8 nitrogen and oxygen atoms in total. The van der Waals surface area contributed by atoms with E-state index in [-0.39, 0.29) is 29.2 Å². The summed E-state index contributed by atoms with van der Waals surface area (Å²) in [5, 5.41) is 11.3. The molecule has 0 fully saturated rings. The van der Waals surface area contributed by atoms with Crippen molar-refractivity contribution in [1.29, 1.82) is 0 Å². The number of aryl methyl sites for hydroxylation is 1. The third kappa shape index (κ3) is 4.33. The summed E-state index contributed by atoms with van der Waals surface area (Å²) in [6.07, 6.45) is 2.48. The van der Waals surface area contributed by atoms with Crippen LogP contribution in [-0.4, -0.2) is 31.4 Å². The Hall–Kier alpha value is -2.46. The highest BCUT2D eigenvalue weighted by molar-refractivity contribution is 7.99. The van der Waals surface area contributed by atoms with E-state index in [0.29, 0.717) is 27.8 Å². The number of hydrogen-bond acceptors (Lipinski definition) is 8. The molecule has 0 aromatic carbocycles. The smallest absolute Gasteiger partial charge is 0.322 e. The lowest BCUT2D eigenvalue weighted by molar-refractivity contribution is -0.113. The van der Waals surface area contributed by atoms with E-state index in [2.05, 4.69) is 27.1 Å². The molecule has 0 saturated carbocycles. The molecule has 0 aliphatic carbocycles. The standard InChI is InChI=1S/C18H21N5O3S2/c1-5-7-23-16(25)12-8-11(6-2)28-15(12)20-18(23)27-9-13(24)19-17-22-21-14(26-17)10(3)4/h5,8,10H,1,6-7,9H2,2-4H3,(H,19,22,24). The average molecular weight is 420 g/mol. The van der Waals surface area contributed by atoms with E-state index in [1.807, 2.05) is 26.8 Å². The largest absolute Gasteiger partial charge is 0.408 e. The Labute approximate surface area is 170 Å². The molecular formula is C18H21N5O3S2. The Balaban J connectivity index is 1.78. The predicted octanol–water partition coefficient (Wildman–Crippen LogP) is 3.44. The second-order valence-corrected chi connectivity index (χ2v) is 8.38. The van der Waals surface area contributed by atoms with Gasteiger partial charge in [0.15, 0.2) is 5.16 Å². The zero-order valence-corrected chi connectivity index (χ0v) is 17.5. The number of fused-ring (bicyclic) bond motifs is 1. The SMILES string of the molecule is C=CCn1c(SCC(=O)Nc2nnc(C(C)C)o2)nc2sc(CC)cc2c1=O. The van der Waals surface area contributed by atoms with Gasteiger partial charge in [-0.05, 0) is 12.5 Å². The first-order chi connectivity index (χ1) is 13.4. The van der Waals surface area contributed by atoms with Gasteiger partial charge in [0.1, 0.15) is 4.83 Å². The third-order valence-electron chi connectivity index (χ3n) is 3.84. The van der Waals surface area contributed by atoms with Crippen LogP contribution in [0.3, 0.4) is 0 Å². The zero-order chi connectivity index (χ0) is 20.3. The number of rotatable bonds is 8. The second-order valence-electron chi connectivity index (χ2n) is 6.32. The fourth-order valence-electron chi connectivity index (χ4n) is 2.43. The maximum Gasteiger partial charge on any atom is 0.322 e. The molecule has 0 spiro atoms. The highest BCUT2D eigenvalue weighted by Crippen LogP contribution is 2.25. The number of amides is 1. The Bertz CT molecular complexity index is 1070. The van der Waals surface area contributed by atoms with Gasteiger partial charge in [0.05, 0.1) is 11.1 Å². The molecule has 3 aromatic rings. The molecule has 1 N–H and O–H groups in total. The van der Waals surface area contributed by atoms with Crippen LogP contribution in [-0.2, 0) is 17.8 Å². The molecule has 148 valence electrons. The van der Waals surface area contributed by atoms with Gasteiger partial charge in [0, 0.05) is 17.3 Å². The van der Waals surface area contributed by atoms with Crippen molar-refractivity contribution in [1.82, 2.24) is 19.7 Å². The van der Waals surface area contributed by atoms with Gasteiger partial charge in [-0.25, -0.2) is 4.98 Å². The lowest BCUT2D eigenvalue weighted by Gasteiger charge is -2.09. The summed E-state index contributed by atoms with van der Waals surface area (Å²) in [6.45, 7) is 9.91. The molecule has 0 aliphatic rings. The number of anilines is 1. The molecule has 28 heavy (non-hydrogen) atoms. The first-order valence-corrected chi connectivity index (χ1v) is 10.6. The van der Waals surface area contributed by atoms with Gasteiger partial charge in [-0.3, -0.25) is 19.5 Å². The summed E-state index contributed by atoms with van der Waals surface area (Å²) in [4.78, 5) is 31.4. The van der Waals surface area contributed by atoms with Crippen molar-refractivity contribution < 1.29 is 9.21 Å². The van der Waals surface area contributed by atoms with Crippen LogP contribution in [0.1, 0.15) is 37.5 Å². The maximum atomic E-state index is 12.8. The normalized spacial score (nSPS) is 11.3. The van der Waals surface area contributed by atoms with Crippen LogP contribution in [0.15, 0.2) is 33.1 Å². The summed E-state index contributed by atoms with van der Waals surface area (Å²) in [5.41, 5.74) is -0.123. The van der Waals surface area contributed by atoms with Crippen molar-refractivity contribution in [2.45, 2.75) is 44.8 Å². The van der Waals surface area contributed by atoms with Gasteiger partial charge < -0.3 is 4.42 Å².